The van der Waals surface area contributed by atoms with Crippen LogP contribution in [0.5, 0.6) is 0 Å². The van der Waals surface area contributed by atoms with Crippen molar-refractivity contribution in [2.45, 2.75) is 69.6 Å². The molecule has 8 atom stereocenters. The van der Waals surface area contributed by atoms with Gasteiger partial charge in [0, 0.05) is 11.8 Å². The minimum Gasteiger partial charge on any atom is -0.471 e. The third-order valence-electron chi connectivity index (χ3n) is 5.89. The van der Waals surface area contributed by atoms with Gasteiger partial charge in [-0.3, -0.25) is 4.79 Å². The first-order valence-electron chi connectivity index (χ1n) is 10.8. The molecule has 0 aromatic rings. The molecular weight excluding hydrogens is 440 g/mol. The highest BCUT2D eigenvalue weighted by Gasteiger charge is 2.53. The predicted molar refractivity (Wildman–Crippen MR) is 112 cm³/mol. The summed E-state index contributed by atoms with van der Waals surface area (Å²) < 4.78 is 26.8. The van der Waals surface area contributed by atoms with Gasteiger partial charge in [0.05, 0.1) is 38.6 Å². The molecule has 0 saturated carbocycles. The normalized spacial score (nSPS) is 36.3. The van der Waals surface area contributed by atoms with E-state index in [9.17, 15) is 30.0 Å². The average molecular weight is 475 g/mol. The minimum absolute atomic E-state index is 0.0791. The molecule has 0 aromatic heterocycles. The van der Waals surface area contributed by atoms with Gasteiger partial charge in [0.15, 0.2) is 6.29 Å². The number of hydrogen-bond acceptors (Lipinski definition) is 11. The molecule has 2 aliphatic rings. The van der Waals surface area contributed by atoms with Gasteiger partial charge in [-0.25, -0.2) is 4.79 Å². The van der Waals surface area contributed by atoms with Gasteiger partial charge >= 0.3 is 11.9 Å². The molecule has 2 rings (SSSR count). The highest BCUT2D eigenvalue weighted by atomic mass is 16.8. The van der Waals surface area contributed by atoms with Crippen molar-refractivity contribution in [3.05, 3.63) is 24.5 Å². The summed E-state index contributed by atoms with van der Waals surface area (Å²) >= 11 is 0. The Bertz CT molecular complexity index is 723. The maximum atomic E-state index is 12.4. The summed E-state index contributed by atoms with van der Waals surface area (Å²) in [7, 11) is 1.19. The van der Waals surface area contributed by atoms with E-state index < -0.39 is 66.9 Å². The monoisotopic (exact) mass is 474 g/mol. The zero-order valence-electron chi connectivity index (χ0n) is 19.1. The second-order valence-electron chi connectivity index (χ2n) is 8.29. The highest BCUT2D eigenvalue weighted by Crippen LogP contribution is 2.38. The maximum absolute atomic E-state index is 12.4. The molecule has 2 aliphatic heterocycles. The SMILES string of the molecule is C=C[C@H]1[C@H](O[C@@H]2O[C@](C)(CO)[C@H](O)[C@@H](O)[C@H]2O)OC=C(C(=O)OC)[C@H]1CC(=O)OCCCC. The number of unbranched alkanes of at least 4 members (excludes halogenated alkanes) is 1. The van der Waals surface area contributed by atoms with Crippen LogP contribution < -0.4 is 0 Å². The van der Waals surface area contributed by atoms with Gasteiger partial charge in [-0.1, -0.05) is 19.4 Å². The molecule has 0 spiro atoms. The summed E-state index contributed by atoms with van der Waals surface area (Å²) in [4.78, 5) is 24.7. The molecule has 188 valence electrons. The summed E-state index contributed by atoms with van der Waals surface area (Å²) in [5.74, 6) is -2.78. The zero-order valence-corrected chi connectivity index (χ0v) is 19.1. The van der Waals surface area contributed by atoms with E-state index in [1.54, 1.807) is 0 Å². The molecule has 11 nitrogen and oxygen atoms in total. The number of carbonyl (C=O) groups is 2. The van der Waals surface area contributed by atoms with Gasteiger partial charge < -0.3 is 44.1 Å². The van der Waals surface area contributed by atoms with Crippen molar-refractivity contribution in [3.8, 4) is 0 Å². The zero-order chi connectivity index (χ0) is 24.8. The molecule has 0 radical (unpaired) electrons. The molecule has 0 unspecified atom stereocenters. The Hall–Kier alpha value is -2.02. The third-order valence-corrected chi connectivity index (χ3v) is 5.89. The Kier molecular flexibility index (Phi) is 9.83. The van der Waals surface area contributed by atoms with Crippen LogP contribution in [0.4, 0.5) is 0 Å². The lowest BCUT2D eigenvalue weighted by Gasteiger charge is -2.47. The fourth-order valence-electron chi connectivity index (χ4n) is 3.73. The average Bonchev–Trinajstić information content (AvgIpc) is 2.81. The van der Waals surface area contributed by atoms with E-state index in [2.05, 4.69) is 6.58 Å². The molecule has 2 heterocycles. The van der Waals surface area contributed by atoms with Crippen LogP contribution >= 0.6 is 0 Å². The summed E-state index contributed by atoms with van der Waals surface area (Å²) in [6, 6.07) is 0. The molecule has 1 saturated heterocycles. The molecular formula is C22H34O11. The first-order chi connectivity index (χ1) is 15.6. The molecule has 1 fully saturated rings. The number of aliphatic hydroxyl groups excluding tert-OH is 4. The van der Waals surface area contributed by atoms with E-state index in [0.717, 1.165) is 12.7 Å². The predicted octanol–water partition coefficient (Wildman–Crippen LogP) is -0.242. The third kappa shape index (κ3) is 6.11. The molecule has 0 amide bonds. The lowest BCUT2D eigenvalue weighted by molar-refractivity contribution is -0.363. The summed E-state index contributed by atoms with van der Waals surface area (Å²) in [6.07, 6.45) is -3.71. The van der Waals surface area contributed by atoms with Crippen molar-refractivity contribution < 1.29 is 53.7 Å². The van der Waals surface area contributed by atoms with E-state index in [-0.39, 0.29) is 18.6 Å². The number of rotatable bonds is 10. The Balaban J connectivity index is 2.25. The fourth-order valence-corrected chi connectivity index (χ4v) is 3.73. The van der Waals surface area contributed by atoms with Crippen LogP contribution in [0.1, 0.15) is 33.1 Å². The van der Waals surface area contributed by atoms with E-state index in [1.165, 1.54) is 20.1 Å². The molecule has 33 heavy (non-hydrogen) atoms. The van der Waals surface area contributed by atoms with Gasteiger partial charge in [-0.05, 0) is 13.3 Å². The summed E-state index contributed by atoms with van der Waals surface area (Å²) in [6.45, 7) is 6.64. The number of hydrogen-bond donors (Lipinski definition) is 4. The number of carbonyl (C=O) groups excluding carboxylic acids is 2. The van der Waals surface area contributed by atoms with Crippen molar-refractivity contribution in [1.29, 1.82) is 0 Å². The van der Waals surface area contributed by atoms with E-state index in [4.69, 9.17) is 23.7 Å². The number of ether oxygens (including phenoxy) is 5. The minimum atomic E-state index is -1.67. The van der Waals surface area contributed by atoms with E-state index >= 15 is 0 Å². The largest absolute Gasteiger partial charge is 0.471 e. The van der Waals surface area contributed by atoms with Gasteiger partial charge in [-0.2, -0.15) is 0 Å². The topological polar surface area (TPSA) is 161 Å². The van der Waals surface area contributed by atoms with Crippen molar-refractivity contribution in [3.63, 3.8) is 0 Å². The van der Waals surface area contributed by atoms with Gasteiger partial charge in [0.1, 0.15) is 23.9 Å². The van der Waals surface area contributed by atoms with Crippen molar-refractivity contribution in [2.75, 3.05) is 20.3 Å². The first kappa shape index (κ1) is 27.2. The van der Waals surface area contributed by atoms with Crippen LogP contribution in [0.3, 0.4) is 0 Å². The van der Waals surface area contributed by atoms with Crippen molar-refractivity contribution in [1.82, 2.24) is 0 Å². The summed E-state index contributed by atoms with van der Waals surface area (Å²) in [5.41, 5.74) is -1.53. The first-order valence-corrected chi connectivity index (χ1v) is 10.8. The van der Waals surface area contributed by atoms with Crippen molar-refractivity contribution >= 4 is 11.9 Å². The molecule has 0 aromatic carbocycles. The second-order valence-corrected chi connectivity index (χ2v) is 8.29. The van der Waals surface area contributed by atoms with Gasteiger partial charge in [0.2, 0.25) is 6.29 Å². The number of methoxy groups -OCH3 is 1. The van der Waals surface area contributed by atoms with E-state index in [1.807, 2.05) is 6.92 Å². The quantitative estimate of drug-likeness (QED) is 0.188. The summed E-state index contributed by atoms with van der Waals surface area (Å²) in [5, 5.41) is 40.3. The standard InChI is InChI=1S/C22H34O11/c1-5-7-8-30-15(24)9-13-12(6-2)20(31-10-14(13)19(28)29-4)32-21-17(26)16(25)18(27)22(3,11-23)33-21/h6,10,12-13,16-18,20-21,23,25-27H,2,5,7-9,11H2,1,3-4H3/t12-,13+,16+,17-,18-,20+,21-,22-/m1/s1. The highest BCUT2D eigenvalue weighted by molar-refractivity contribution is 5.90. The number of esters is 2. The fraction of sp³-hybridized carbons (Fsp3) is 0.727. The molecule has 0 aliphatic carbocycles. The Morgan fingerprint density at radius 2 is 1.94 bits per heavy atom. The second kappa shape index (κ2) is 11.9. The Morgan fingerprint density at radius 1 is 1.24 bits per heavy atom. The van der Waals surface area contributed by atoms with Crippen LogP contribution in [0.25, 0.3) is 0 Å². The van der Waals surface area contributed by atoms with Gasteiger partial charge in [-0.15, -0.1) is 6.58 Å². The van der Waals surface area contributed by atoms with Crippen LogP contribution in [0.15, 0.2) is 24.5 Å². The lowest BCUT2D eigenvalue weighted by Crippen LogP contribution is -2.65. The van der Waals surface area contributed by atoms with Crippen LogP contribution in [0, 0.1) is 11.8 Å². The maximum Gasteiger partial charge on any atom is 0.337 e. The van der Waals surface area contributed by atoms with Crippen molar-refractivity contribution in [2.24, 2.45) is 11.8 Å². The number of aliphatic hydroxyl groups is 4. The van der Waals surface area contributed by atoms with Crippen LogP contribution in [-0.2, 0) is 33.3 Å². The lowest BCUT2D eigenvalue weighted by atomic mass is 9.81. The molecule has 4 N–H and O–H groups in total. The Morgan fingerprint density at radius 3 is 2.52 bits per heavy atom. The molecule has 0 bridgehead atoms. The van der Waals surface area contributed by atoms with E-state index in [0.29, 0.717) is 6.42 Å². The van der Waals surface area contributed by atoms with Crippen LogP contribution in [-0.4, -0.2) is 89.2 Å². The van der Waals surface area contributed by atoms with Crippen LogP contribution in [0.2, 0.25) is 0 Å². The molecule has 11 heteroatoms. The van der Waals surface area contributed by atoms with Gasteiger partial charge in [0.25, 0.3) is 0 Å². The Labute approximate surface area is 192 Å². The smallest absolute Gasteiger partial charge is 0.337 e.